The Labute approximate surface area is 62.1 Å². The fourth-order valence-electron chi connectivity index (χ4n) is 1.09. The van der Waals surface area contributed by atoms with Crippen molar-refractivity contribution in [1.82, 2.24) is 0 Å². The van der Waals surface area contributed by atoms with Crippen LogP contribution in [-0.4, -0.2) is 19.8 Å². The summed E-state index contributed by atoms with van der Waals surface area (Å²) in [7, 11) is 0. The molecule has 2 nitrogen and oxygen atoms in total. The average molecular weight is 141 g/mol. The van der Waals surface area contributed by atoms with Crippen molar-refractivity contribution in [3.8, 4) is 0 Å². The van der Waals surface area contributed by atoms with Crippen LogP contribution in [0.25, 0.3) is 0 Å². The van der Waals surface area contributed by atoms with Crippen LogP contribution in [0.2, 0.25) is 0 Å². The highest BCUT2D eigenvalue weighted by molar-refractivity contribution is 4.90. The van der Waals surface area contributed by atoms with Crippen LogP contribution in [-0.2, 0) is 4.74 Å². The molecule has 2 heteroatoms. The van der Waals surface area contributed by atoms with E-state index >= 15 is 0 Å². The van der Waals surface area contributed by atoms with Crippen molar-refractivity contribution in [3.05, 3.63) is 12.2 Å². The van der Waals surface area contributed by atoms with Crippen LogP contribution in [0.5, 0.6) is 0 Å². The maximum atomic E-state index is 5.33. The predicted octanol–water partition coefficient (Wildman–Crippen LogP) is 0.928. The van der Waals surface area contributed by atoms with E-state index in [4.69, 9.17) is 10.5 Å². The largest absolute Gasteiger partial charge is 0.381 e. The van der Waals surface area contributed by atoms with Crippen LogP contribution >= 0.6 is 0 Å². The van der Waals surface area contributed by atoms with Crippen LogP contribution in [0.15, 0.2) is 12.2 Å². The molecule has 0 spiro atoms. The van der Waals surface area contributed by atoms with E-state index in [-0.39, 0.29) is 0 Å². The Morgan fingerprint density at radius 1 is 1.60 bits per heavy atom. The van der Waals surface area contributed by atoms with Crippen molar-refractivity contribution in [2.45, 2.75) is 12.8 Å². The van der Waals surface area contributed by atoms with Crippen LogP contribution in [0.1, 0.15) is 12.8 Å². The number of hydrogen-bond acceptors (Lipinski definition) is 2. The fraction of sp³-hybridized carbons (Fsp3) is 0.750. The summed E-state index contributed by atoms with van der Waals surface area (Å²) in [5, 5.41) is 0. The van der Waals surface area contributed by atoms with Crippen molar-refractivity contribution in [2.75, 3.05) is 19.8 Å². The Bertz CT molecular complexity index is 106. The molecule has 10 heavy (non-hydrogen) atoms. The zero-order chi connectivity index (χ0) is 7.23. The molecule has 2 N–H and O–H groups in total. The minimum absolute atomic E-state index is 0.659. The van der Waals surface area contributed by atoms with Gasteiger partial charge < -0.3 is 10.5 Å². The van der Waals surface area contributed by atoms with Gasteiger partial charge >= 0.3 is 0 Å². The zero-order valence-corrected chi connectivity index (χ0v) is 6.25. The number of rotatable bonds is 3. The fourth-order valence-corrected chi connectivity index (χ4v) is 1.09. The summed E-state index contributed by atoms with van der Waals surface area (Å²) in [6.45, 7) is 2.59. The van der Waals surface area contributed by atoms with Gasteiger partial charge in [-0.05, 0) is 19.4 Å². The highest BCUT2D eigenvalue weighted by Crippen LogP contribution is 2.13. The Kier molecular flexibility index (Phi) is 3.47. The molecule has 0 aromatic heterocycles. The van der Waals surface area contributed by atoms with Crippen LogP contribution < -0.4 is 5.73 Å². The van der Waals surface area contributed by atoms with E-state index in [9.17, 15) is 0 Å². The number of hydrogen-bond donors (Lipinski definition) is 1. The van der Waals surface area contributed by atoms with E-state index in [0.29, 0.717) is 5.92 Å². The third kappa shape index (κ3) is 2.50. The molecule has 0 radical (unpaired) electrons. The summed E-state index contributed by atoms with van der Waals surface area (Å²) in [5.74, 6) is 0.659. The molecule has 1 heterocycles. The lowest BCUT2D eigenvalue weighted by Crippen LogP contribution is -1.97. The van der Waals surface area contributed by atoms with E-state index in [0.717, 1.165) is 26.2 Å². The van der Waals surface area contributed by atoms with Gasteiger partial charge in [0.15, 0.2) is 0 Å². The first kappa shape index (κ1) is 7.76. The molecule has 1 unspecified atom stereocenters. The van der Waals surface area contributed by atoms with Crippen LogP contribution in [0.3, 0.4) is 0 Å². The summed E-state index contributed by atoms with van der Waals surface area (Å²) in [6.07, 6.45) is 6.55. The molecule has 1 aliphatic heterocycles. The van der Waals surface area contributed by atoms with Gasteiger partial charge in [0, 0.05) is 12.5 Å². The zero-order valence-electron chi connectivity index (χ0n) is 6.25. The van der Waals surface area contributed by atoms with Gasteiger partial charge in [-0.15, -0.1) is 0 Å². The summed E-state index contributed by atoms with van der Waals surface area (Å²) in [5.41, 5.74) is 5.33. The monoisotopic (exact) mass is 141 g/mol. The van der Waals surface area contributed by atoms with Crippen LogP contribution in [0, 0.1) is 5.92 Å². The highest BCUT2D eigenvalue weighted by atomic mass is 16.5. The molecule has 0 aliphatic carbocycles. The standard InChI is InChI=1S/C8H15NO/c9-5-2-1-3-8-4-6-10-7-8/h1,3,8H,2,4-7,9H2. The molecule has 1 fully saturated rings. The van der Waals surface area contributed by atoms with Crippen molar-refractivity contribution >= 4 is 0 Å². The number of ether oxygens (including phenoxy) is 1. The third-order valence-electron chi connectivity index (χ3n) is 1.71. The van der Waals surface area contributed by atoms with E-state index in [2.05, 4.69) is 12.2 Å². The van der Waals surface area contributed by atoms with Gasteiger partial charge in [-0.25, -0.2) is 0 Å². The lowest BCUT2D eigenvalue weighted by atomic mass is 10.1. The smallest absolute Gasteiger partial charge is 0.0529 e. The Morgan fingerprint density at radius 2 is 2.50 bits per heavy atom. The summed E-state index contributed by atoms with van der Waals surface area (Å²) in [4.78, 5) is 0. The maximum Gasteiger partial charge on any atom is 0.0529 e. The van der Waals surface area contributed by atoms with Gasteiger partial charge in [0.05, 0.1) is 6.61 Å². The second kappa shape index (κ2) is 4.47. The molecule has 1 atom stereocenters. The quantitative estimate of drug-likeness (QED) is 0.593. The third-order valence-corrected chi connectivity index (χ3v) is 1.71. The first-order valence-electron chi connectivity index (χ1n) is 3.88. The topological polar surface area (TPSA) is 35.2 Å². The highest BCUT2D eigenvalue weighted by Gasteiger charge is 2.10. The van der Waals surface area contributed by atoms with Gasteiger partial charge in [0.1, 0.15) is 0 Å². The van der Waals surface area contributed by atoms with E-state index < -0.39 is 0 Å². The molecule has 1 saturated heterocycles. The second-order valence-electron chi connectivity index (χ2n) is 2.63. The molecule has 1 aliphatic rings. The first-order chi connectivity index (χ1) is 4.93. The minimum Gasteiger partial charge on any atom is -0.381 e. The predicted molar refractivity (Wildman–Crippen MR) is 41.7 cm³/mol. The van der Waals surface area contributed by atoms with E-state index in [1.807, 2.05) is 0 Å². The van der Waals surface area contributed by atoms with Crippen molar-refractivity contribution in [2.24, 2.45) is 11.7 Å². The maximum absolute atomic E-state index is 5.33. The molecular weight excluding hydrogens is 126 g/mol. The molecule has 0 aromatic rings. The van der Waals surface area contributed by atoms with Gasteiger partial charge in [0.2, 0.25) is 0 Å². The summed E-state index contributed by atoms with van der Waals surface area (Å²) in [6, 6.07) is 0. The SMILES string of the molecule is NCCC=CC1CCOC1. The van der Waals surface area contributed by atoms with Crippen molar-refractivity contribution < 1.29 is 4.74 Å². The average Bonchev–Trinajstić information content (AvgIpc) is 2.41. The summed E-state index contributed by atoms with van der Waals surface area (Å²) < 4.78 is 5.21. The second-order valence-corrected chi connectivity index (χ2v) is 2.63. The first-order valence-corrected chi connectivity index (χ1v) is 3.88. The normalized spacial score (nSPS) is 26.3. The molecule has 1 rings (SSSR count). The summed E-state index contributed by atoms with van der Waals surface area (Å²) >= 11 is 0. The molecule has 0 bridgehead atoms. The van der Waals surface area contributed by atoms with Gasteiger partial charge in [0.25, 0.3) is 0 Å². The molecular formula is C8H15NO. The van der Waals surface area contributed by atoms with Gasteiger partial charge in [-0.2, -0.15) is 0 Å². The van der Waals surface area contributed by atoms with E-state index in [1.165, 1.54) is 6.42 Å². The minimum atomic E-state index is 0.659. The molecule has 0 amide bonds. The van der Waals surface area contributed by atoms with Crippen molar-refractivity contribution in [1.29, 1.82) is 0 Å². The van der Waals surface area contributed by atoms with Crippen LogP contribution in [0.4, 0.5) is 0 Å². The lowest BCUT2D eigenvalue weighted by molar-refractivity contribution is 0.191. The lowest BCUT2D eigenvalue weighted by Gasteiger charge is -1.96. The Hall–Kier alpha value is -0.340. The Morgan fingerprint density at radius 3 is 3.10 bits per heavy atom. The molecule has 0 aromatic carbocycles. The van der Waals surface area contributed by atoms with Crippen molar-refractivity contribution in [3.63, 3.8) is 0 Å². The Balaban J connectivity index is 2.10. The molecule has 58 valence electrons. The number of nitrogens with two attached hydrogens (primary N) is 1. The van der Waals surface area contributed by atoms with Gasteiger partial charge in [-0.3, -0.25) is 0 Å². The molecule has 0 saturated carbocycles. The van der Waals surface area contributed by atoms with E-state index in [1.54, 1.807) is 0 Å². The van der Waals surface area contributed by atoms with Gasteiger partial charge in [-0.1, -0.05) is 12.2 Å².